The zero-order valence-electron chi connectivity index (χ0n) is 26.5. The maximum absolute atomic E-state index is 14.5. The van der Waals surface area contributed by atoms with Crippen LogP contribution in [0.2, 0.25) is 5.02 Å². The van der Waals surface area contributed by atoms with Gasteiger partial charge in [0, 0.05) is 55.9 Å². The molecule has 2 aliphatic heterocycles. The second kappa shape index (κ2) is 16.5. The first kappa shape index (κ1) is 35.5. The normalized spacial score (nSPS) is 20.6. The van der Waals surface area contributed by atoms with E-state index in [1.807, 2.05) is 16.9 Å². The SMILES string of the molecule is CCCCCCCCCN1C(Cl)C(S(=O)(=O)N2C[C@H](CNC(C)=O)Nc3ccc(NCc4c(F)cccc4Cl)cc32)CN1CC. The Balaban J connectivity index is 1.55. The molecule has 0 bridgehead atoms. The van der Waals surface area contributed by atoms with Crippen molar-refractivity contribution in [2.45, 2.75) is 89.1 Å². The third kappa shape index (κ3) is 8.94. The predicted molar refractivity (Wildman–Crippen MR) is 183 cm³/mol. The molecule has 2 aromatic carbocycles. The van der Waals surface area contributed by atoms with Gasteiger partial charge in [-0.05, 0) is 36.8 Å². The topological polar surface area (TPSA) is 97.0 Å². The smallest absolute Gasteiger partial charge is 0.242 e. The number of halogens is 3. The lowest BCUT2D eigenvalue weighted by atomic mass is 10.1. The van der Waals surface area contributed by atoms with Crippen molar-refractivity contribution < 1.29 is 17.6 Å². The summed E-state index contributed by atoms with van der Waals surface area (Å²) in [5.41, 5.74) is 1.31. The molecule has 13 heteroatoms. The van der Waals surface area contributed by atoms with E-state index in [4.69, 9.17) is 23.2 Å². The number of sulfonamides is 1. The first-order chi connectivity index (χ1) is 21.6. The van der Waals surface area contributed by atoms with Gasteiger partial charge in [-0.15, -0.1) is 11.6 Å². The highest BCUT2D eigenvalue weighted by Gasteiger charge is 2.48. The molecule has 2 unspecified atom stereocenters. The van der Waals surface area contributed by atoms with Crippen molar-refractivity contribution in [1.29, 1.82) is 0 Å². The molecule has 1 fully saturated rings. The van der Waals surface area contributed by atoms with Crippen LogP contribution in [0, 0.1) is 5.82 Å². The number of benzene rings is 2. The molecule has 3 N–H and O–H groups in total. The van der Waals surface area contributed by atoms with Crippen LogP contribution in [-0.4, -0.2) is 73.9 Å². The number of amides is 1. The first-order valence-electron chi connectivity index (χ1n) is 16.1. The van der Waals surface area contributed by atoms with Crippen molar-refractivity contribution in [2.24, 2.45) is 0 Å². The van der Waals surface area contributed by atoms with Gasteiger partial charge in [-0.2, -0.15) is 0 Å². The summed E-state index contributed by atoms with van der Waals surface area (Å²) in [5.74, 6) is -0.616. The Morgan fingerprint density at radius 3 is 2.49 bits per heavy atom. The number of unbranched alkanes of at least 4 members (excludes halogenated alkanes) is 6. The molecular weight excluding hydrogens is 638 g/mol. The summed E-state index contributed by atoms with van der Waals surface area (Å²) in [6, 6.07) is 9.51. The molecule has 0 spiro atoms. The number of nitrogens with one attached hydrogen (secondary N) is 3. The Morgan fingerprint density at radius 1 is 1.07 bits per heavy atom. The third-order valence-electron chi connectivity index (χ3n) is 8.53. The summed E-state index contributed by atoms with van der Waals surface area (Å²) in [5, 5.41) is 12.9. The Kier molecular flexibility index (Phi) is 13.0. The molecular formula is C32H47Cl2FN6O3S. The van der Waals surface area contributed by atoms with Gasteiger partial charge in [-0.3, -0.25) is 9.10 Å². The van der Waals surface area contributed by atoms with E-state index in [-0.39, 0.29) is 31.6 Å². The van der Waals surface area contributed by atoms with Crippen molar-refractivity contribution in [3.63, 3.8) is 0 Å². The fraction of sp³-hybridized carbons (Fsp3) is 0.594. The van der Waals surface area contributed by atoms with Crippen LogP contribution in [-0.2, 0) is 21.4 Å². The molecule has 250 valence electrons. The van der Waals surface area contributed by atoms with E-state index in [2.05, 4.69) is 22.9 Å². The predicted octanol–water partition coefficient (Wildman–Crippen LogP) is 6.39. The summed E-state index contributed by atoms with van der Waals surface area (Å²) in [6.45, 7) is 7.81. The minimum absolute atomic E-state index is 0.113. The highest BCUT2D eigenvalue weighted by Crippen LogP contribution is 2.39. The Labute approximate surface area is 277 Å². The number of rotatable bonds is 16. The van der Waals surface area contributed by atoms with Gasteiger partial charge in [0.05, 0.1) is 24.0 Å². The average molecular weight is 686 g/mol. The van der Waals surface area contributed by atoms with E-state index in [0.717, 1.165) is 12.8 Å². The van der Waals surface area contributed by atoms with Crippen LogP contribution >= 0.6 is 23.2 Å². The summed E-state index contributed by atoms with van der Waals surface area (Å²) in [4.78, 5) is 11.7. The fourth-order valence-corrected chi connectivity index (χ4v) is 8.85. The number of anilines is 3. The van der Waals surface area contributed by atoms with Crippen LogP contribution in [0.25, 0.3) is 0 Å². The second-order valence-corrected chi connectivity index (χ2v) is 14.8. The molecule has 1 amide bonds. The zero-order valence-corrected chi connectivity index (χ0v) is 28.8. The average Bonchev–Trinajstić information content (AvgIpc) is 3.34. The van der Waals surface area contributed by atoms with Gasteiger partial charge in [-0.1, -0.05) is 70.0 Å². The standard InChI is InChI=1S/C32H47Cl2FN6O3S/c1-4-6-7-8-9-10-11-17-40-32(34)31(22-39(40)5-2)45(43,44)41-21-25(19-36-23(3)42)38-29-16-15-24(18-30(29)41)37-20-26-27(33)13-12-14-28(26)35/h12-16,18,25,31-32,37-38H,4-11,17,19-22H2,1-3H3,(H,36,42)/t25-,31?,32?/m0/s1. The molecule has 3 atom stereocenters. The summed E-state index contributed by atoms with van der Waals surface area (Å²) < 4.78 is 44.8. The fourth-order valence-electron chi connectivity index (χ4n) is 6.00. The Morgan fingerprint density at radius 2 is 1.80 bits per heavy atom. The molecule has 0 saturated carbocycles. The number of carbonyl (C=O) groups is 1. The van der Waals surface area contributed by atoms with Crippen LogP contribution in [0.4, 0.5) is 21.5 Å². The zero-order chi connectivity index (χ0) is 32.6. The number of carbonyl (C=O) groups excluding carboxylic acids is 1. The first-order valence-corrected chi connectivity index (χ1v) is 18.4. The lowest BCUT2D eigenvalue weighted by molar-refractivity contribution is -0.118. The van der Waals surface area contributed by atoms with Crippen LogP contribution < -0.4 is 20.3 Å². The summed E-state index contributed by atoms with van der Waals surface area (Å²) in [7, 11) is -3.96. The molecule has 1 saturated heterocycles. The van der Waals surface area contributed by atoms with E-state index in [9.17, 15) is 17.6 Å². The number of alkyl halides is 1. The monoisotopic (exact) mass is 684 g/mol. The van der Waals surface area contributed by atoms with Gasteiger partial charge in [0.2, 0.25) is 15.9 Å². The number of hydrazine groups is 1. The van der Waals surface area contributed by atoms with Crippen molar-refractivity contribution in [1.82, 2.24) is 15.3 Å². The Bertz CT molecular complexity index is 1380. The van der Waals surface area contributed by atoms with Gasteiger partial charge in [-0.25, -0.2) is 22.8 Å². The molecule has 0 aromatic heterocycles. The van der Waals surface area contributed by atoms with Gasteiger partial charge in [0.15, 0.2) is 0 Å². The van der Waals surface area contributed by atoms with Crippen molar-refractivity contribution in [2.75, 3.05) is 47.7 Å². The number of nitrogens with zero attached hydrogens (tertiary/aromatic N) is 3. The maximum atomic E-state index is 14.5. The molecule has 0 radical (unpaired) electrons. The van der Waals surface area contributed by atoms with Crippen molar-refractivity contribution in [3.8, 4) is 0 Å². The van der Waals surface area contributed by atoms with Crippen molar-refractivity contribution >= 4 is 56.2 Å². The van der Waals surface area contributed by atoms with Crippen LogP contribution in [0.15, 0.2) is 36.4 Å². The van der Waals surface area contributed by atoms with Crippen LogP contribution in [0.3, 0.4) is 0 Å². The van der Waals surface area contributed by atoms with Gasteiger partial charge in [0.1, 0.15) is 16.6 Å². The van der Waals surface area contributed by atoms with Gasteiger partial charge >= 0.3 is 0 Å². The lowest BCUT2D eigenvalue weighted by Gasteiger charge is -2.38. The second-order valence-electron chi connectivity index (χ2n) is 11.8. The van der Waals surface area contributed by atoms with E-state index in [1.54, 1.807) is 30.3 Å². The van der Waals surface area contributed by atoms with E-state index in [1.165, 1.54) is 49.4 Å². The molecule has 2 aliphatic rings. The number of fused-ring (bicyclic) bond motifs is 1. The maximum Gasteiger partial charge on any atom is 0.242 e. The van der Waals surface area contributed by atoms with E-state index >= 15 is 0 Å². The van der Waals surface area contributed by atoms with Crippen LogP contribution in [0.5, 0.6) is 0 Å². The minimum Gasteiger partial charge on any atom is -0.381 e. The number of hydrogen-bond acceptors (Lipinski definition) is 7. The van der Waals surface area contributed by atoms with Gasteiger partial charge in [0.25, 0.3) is 0 Å². The Hall–Kier alpha value is -2.31. The molecule has 2 heterocycles. The van der Waals surface area contributed by atoms with Crippen LogP contribution in [0.1, 0.15) is 71.3 Å². The molecule has 9 nitrogen and oxygen atoms in total. The lowest BCUT2D eigenvalue weighted by Crippen LogP contribution is -2.53. The molecule has 4 rings (SSSR count). The van der Waals surface area contributed by atoms with E-state index in [0.29, 0.717) is 47.3 Å². The molecule has 0 aliphatic carbocycles. The summed E-state index contributed by atoms with van der Waals surface area (Å²) in [6.07, 6.45) is 8.16. The largest absolute Gasteiger partial charge is 0.381 e. The van der Waals surface area contributed by atoms with Crippen molar-refractivity contribution in [3.05, 3.63) is 52.8 Å². The van der Waals surface area contributed by atoms with E-state index < -0.39 is 26.6 Å². The quantitative estimate of drug-likeness (QED) is 0.107. The number of hydrogen-bond donors (Lipinski definition) is 3. The minimum atomic E-state index is -3.96. The molecule has 2 aromatic rings. The van der Waals surface area contributed by atoms with Gasteiger partial charge < -0.3 is 16.0 Å². The highest BCUT2D eigenvalue weighted by atomic mass is 35.5. The molecule has 45 heavy (non-hydrogen) atoms. The summed E-state index contributed by atoms with van der Waals surface area (Å²) >= 11 is 13.2. The third-order valence-corrected chi connectivity index (χ3v) is 11.7. The highest BCUT2D eigenvalue weighted by molar-refractivity contribution is 7.93.